The molecule has 0 aliphatic carbocycles. The van der Waals surface area contributed by atoms with Crippen LogP contribution in [-0.4, -0.2) is 22.0 Å². The first-order valence-electron chi connectivity index (χ1n) is 8.17. The van der Waals surface area contributed by atoms with Gasteiger partial charge in [-0.3, -0.25) is 4.79 Å². The smallest absolute Gasteiger partial charge is 0.237 e. The van der Waals surface area contributed by atoms with Crippen LogP contribution in [0.15, 0.2) is 54.6 Å². The summed E-state index contributed by atoms with van der Waals surface area (Å²) >= 11 is 1.45. The fraction of sp³-hybridized carbons (Fsp3) is 0.300. The van der Waals surface area contributed by atoms with Gasteiger partial charge in [-0.05, 0) is 35.7 Å². The second-order valence-electron chi connectivity index (χ2n) is 6.10. The number of amides is 1. The average molecular weight is 354 g/mol. The maximum atomic E-state index is 12.6. The fourth-order valence-electron chi connectivity index (χ4n) is 2.38. The topological polar surface area (TPSA) is 73.1 Å². The molecule has 5 heteroatoms. The Morgan fingerprint density at radius 2 is 1.80 bits per heavy atom. The molecule has 2 unspecified atom stereocenters. The molecule has 0 aliphatic rings. The van der Waals surface area contributed by atoms with Crippen LogP contribution in [-0.2, 0) is 4.79 Å². The van der Waals surface area contributed by atoms with Crippen molar-refractivity contribution in [2.75, 3.05) is 11.1 Å². The van der Waals surface area contributed by atoms with Gasteiger partial charge < -0.3 is 10.4 Å². The number of nitrogens with one attached hydrogen (secondary N) is 1. The lowest BCUT2D eigenvalue weighted by Crippen LogP contribution is -2.30. The number of carbonyl (C=O) groups excluding carboxylic acids is 1. The summed E-state index contributed by atoms with van der Waals surface area (Å²) in [6, 6.07) is 18.3. The lowest BCUT2D eigenvalue weighted by atomic mass is 10.1. The normalized spacial score (nSPS) is 13.1. The standard InChI is InChI=1S/C20H22N2O2S/c1-14(2)19(25-13-18(23)16-6-4-3-5-7-16)20(24)22-17-10-8-15(12-21)9-11-17/h3-11,14,18-19,23H,13H2,1-2H3,(H,22,24). The quantitative estimate of drug-likeness (QED) is 0.788. The van der Waals surface area contributed by atoms with Gasteiger partial charge in [0.25, 0.3) is 0 Å². The summed E-state index contributed by atoms with van der Waals surface area (Å²) in [6.45, 7) is 3.98. The Morgan fingerprint density at radius 1 is 1.16 bits per heavy atom. The van der Waals surface area contributed by atoms with Crippen LogP contribution in [0.1, 0.15) is 31.1 Å². The van der Waals surface area contributed by atoms with Crippen LogP contribution in [0, 0.1) is 17.2 Å². The van der Waals surface area contributed by atoms with Crippen LogP contribution < -0.4 is 5.32 Å². The Morgan fingerprint density at radius 3 is 2.36 bits per heavy atom. The highest BCUT2D eigenvalue weighted by molar-refractivity contribution is 8.00. The van der Waals surface area contributed by atoms with Crippen molar-refractivity contribution in [2.45, 2.75) is 25.2 Å². The summed E-state index contributed by atoms with van der Waals surface area (Å²) in [7, 11) is 0. The van der Waals surface area contributed by atoms with E-state index >= 15 is 0 Å². The highest BCUT2D eigenvalue weighted by atomic mass is 32.2. The molecule has 0 fully saturated rings. The maximum absolute atomic E-state index is 12.6. The van der Waals surface area contributed by atoms with Crippen molar-refractivity contribution in [1.29, 1.82) is 5.26 Å². The maximum Gasteiger partial charge on any atom is 0.237 e. The van der Waals surface area contributed by atoms with Crippen molar-refractivity contribution in [2.24, 2.45) is 5.92 Å². The van der Waals surface area contributed by atoms with Crippen molar-refractivity contribution >= 4 is 23.4 Å². The van der Waals surface area contributed by atoms with E-state index in [0.717, 1.165) is 5.56 Å². The minimum atomic E-state index is -0.602. The van der Waals surface area contributed by atoms with Gasteiger partial charge in [-0.1, -0.05) is 44.2 Å². The number of hydrogen-bond acceptors (Lipinski definition) is 4. The van der Waals surface area contributed by atoms with Crippen molar-refractivity contribution in [3.8, 4) is 6.07 Å². The summed E-state index contributed by atoms with van der Waals surface area (Å²) < 4.78 is 0. The Hall–Kier alpha value is -2.29. The Bertz CT molecular complexity index is 724. The third-order valence-corrected chi connectivity index (χ3v) is 5.39. The van der Waals surface area contributed by atoms with Gasteiger partial charge in [-0.25, -0.2) is 0 Å². The predicted octanol–water partition coefficient (Wildman–Crippen LogP) is 3.99. The zero-order valence-corrected chi connectivity index (χ0v) is 15.2. The van der Waals surface area contributed by atoms with Crippen LogP contribution in [0.25, 0.3) is 0 Å². The van der Waals surface area contributed by atoms with Crippen LogP contribution >= 0.6 is 11.8 Å². The minimum absolute atomic E-state index is 0.0926. The van der Waals surface area contributed by atoms with E-state index < -0.39 is 6.10 Å². The first-order chi connectivity index (χ1) is 12.0. The molecule has 25 heavy (non-hydrogen) atoms. The Balaban J connectivity index is 1.97. The third-order valence-electron chi connectivity index (χ3n) is 3.76. The first-order valence-corrected chi connectivity index (χ1v) is 9.21. The van der Waals surface area contributed by atoms with Gasteiger partial charge in [0.05, 0.1) is 23.0 Å². The molecule has 2 aromatic rings. The van der Waals surface area contributed by atoms with Gasteiger partial charge in [0, 0.05) is 11.4 Å². The molecule has 1 amide bonds. The molecule has 130 valence electrons. The van der Waals surface area contributed by atoms with E-state index in [0.29, 0.717) is 17.0 Å². The summed E-state index contributed by atoms with van der Waals surface area (Å²) in [5.41, 5.74) is 2.07. The average Bonchev–Trinajstić information content (AvgIpc) is 2.62. The highest BCUT2D eigenvalue weighted by Crippen LogP contribution is 2.26. The molecule has 2 rings (SSSR count). The number of anilines is 1. The van der Waals surface area contributed by atoms with E-state index in [9.17, 15) is 9.90 Å². The lowest BCUT2D eigenvalue weighted by molar-refractivity contribution is -0.116. The molecule has 0 heterocycles. The number of aliphatic hydroxyl groups excluding tert-OH is 1. The second-order valence-corrected chi connectivity index (χ2v) is 7.28. The summed E-state index contributed by atoms with van der Waals surface area (Å²) in [4.78, 5) is 12.6. The van der Waals surface area contributed by atoms with E-state index in [-0.39, 0.29) is 17.1 Å². The molecule has 4 nitrogen and oxygen atoms in total. The van der Waals surface area contributed by atoms with Gasteiger partial charge >= 0.3 is 0 Å². The molecule has 0 saturated heterocycles. The van der Waals surface area contributed by atoms with Crippen molar-refractivity contribution in [3.05, 3.63) is 65.7 Å². The van der Waals surface area contributed by atoms with E-state index in [1.165, 1.54) is 11.8 Å². The van der Waals surface area contributed by atoms with Crippen molar-refractivity contribution in [1.82, 2.24) is 0 Å². The highest BCUT2D eigenvalue weighted by Gasteiger charge is 2.24. The van der Waals surface area contributed by atoms with Crippen LogP contribution in [0.2, 0.25) is 0 Å². The van der Waals surface area contributed by atoms with Crippen molar-refractivity contribution in [3.63, 3.8) is 0 Å². The molecule has 0 aromatic heterocycles. The molecule has 0 aliphatic heterocycles. The molecule has 0 spiro atoms. The van der Waals surface area contributed by atoms with Crippen LogP contribution in [0.5, 0.6) is 0 Å². The minimum Gasteiger partial charge on any atom is -0.388 e. The van der Waals surface area contributed by atoms with Gasteiger partial charge in [0.15, 0.2) is 0 Å². The van der Waals surface area contributed by atoms with E-state index in [1.54, 1.807) is 24.3 Å². The number of benzene rings is 2. The molecule has 2 aromatic carbocycles. The third kappa shape index (κ3) is 5.63. The van der Waals surface area contributed by atoms with E-state index in [2.05, 4.69) is 11.4 Å². The summed E-state index contributed by atoms with van der Waals surface area (Å²) in [5.74, 6) is 0.490. The molecular formula is C20H22N2O2S. The molecule has 0 radical (unpaired) electrons. The zero-order chi connectivity index (χ0) is 18.2. The van der Waals surface area contributed by atoms with Gasteiger partial charge in [-0.2, -0.15) is 5.26 Å². The van der Waals surface area contributed by atoms with E-state index in [4.69, 9.17) is 5.26 Å². The number of rotatable bonds is 7. The SMILES string of the molecule is CC(C)C(SCC(O)c1ccccc1)C(=O)Nc1ccc(C#N)cc1. The predicted molar refractivity (Wildman–Crippen MR) is 102 cm³/mol. The Kier molecular flexibility index (Phi) is 7.05. The lowest BCUT2D eigenvalue weighted by Gasteiger charge is -2.21. The van der Waals surface area contributed by atoms with Gasteiger partial charge in [-0.15, -0.1) is 11.8 Å². The first kappa shape index (κ1) is 19.0. The molecule has 0 saturated carbocycles. The molecule has 2 N–H and O–H groups in total. The Labute approximate surface area is 152 Å². The molecule has 0 bridgehead atoms. The summed E-state index contributed by atoms with van der Waals surface area (Å²) in [5, 5.41) is 21.7. The van der Waals surface area contributed by atoms with Gasteiger partial charge in [0.2, 0.25) is 5.91 Å². The monoisotopic (exact) mass is 354 g/mol. The fourth-order valence-corrected chi connectivity index (χ4v) is 3.56. The number of nitriles is 1. The van der Waals surface area contributed by atoms with Crippen molar-refractivity contribution < 1.29 is 9.90 Å². The zero-order valence-electron chi connectivity index (χ0n) is 14.3. The molecular weight excluding hydrogens is 332 g/mol. The largest absolute Gasteiger partial charge is 0.388 e. The number of thioether (sulfide) groups is 1. The molecule has 2 atom stereocenters. The second kappa shape index (κ2) is 9.26. The van der Waals surface area contributed by atoms with Gasteiger partial charge in [0.1, 0.15) is 0 Å². The van der Waals surface area contributed by atoms with E-state index in [1.807, 2.05) is 44.2 Å². The number of carbonyl (C=O) groups is 1. The number of hydrogen-bond donors (Lipinski definition) is 2. The number of nitrogens with zero attached hydrogens (tertiary/aromatic N) is 1. The number of aliphatic hydroxyl groups is 1. The van der Waals surface area contributed by atoms with Crippen LogP contribution in [0.3, 0.4) is 0 Å². The van der Waals surface area contributed by atoms with Crippen LogP contribution in [0.4, 0.5) is 5.69 Å². The summed E-state index contributed by atoms with van der Waals surface area (Å²) in [6.07, 6.45) is -0.602.